The minimum absolute atomic E-state index is 0.113. The Morgan fingerprint density at radius 1 is 1.26 bits per heavy atom. The summed E-state index contributed by atoms with van der Waals surface area (Å²) in [6.07, 6.45) is 0. The Kier molecular flexibility index (Phi) is 7.50. The summed E-state index contributed by atoms with van der Waals surface area (Å²) < 4.78 is 11.4. The van der Waals surface area contributed by atoms with Crippen LogP contribution in [0.1, 0.15) is 17.3 Å². The Morgan fingerprint density at radius 3 is 2.63 bits per heavy atom. The molecule has 0 bridgehead atoms. The average molecular weight is 456 g/mol. The van der Waals surface area contributed by atoms with Gasteiger partial charge in [-0.3, -0.25) is 9.59 Å². The van der Waals surface area contributed by atoms with E-state index in [0.717, 1.165) is 0 Å². The summed E-state index contributed by atoms with van der Waals surface area (Å²) in [6.45, 7) is 2.21. The third-order valence-corrected chi connectivity index (χ3v) is 4.43. The van der Waals surface area contributed by atoms with Crippen molar-refractivity contribution < 1.29 is 19.1 Å². The molecule has 0 saturated carbocycles. The van der Waals surface area contributed by atoms with E-state index in [4.69, 9.17) is 21.1 Å². The van der Waals surface area contributed by atoms with Gasteiger partial charge >= 0.3 is 0 Å². The number of nitrogens with zero attached hydrogens (tertiary/aromatic N) is 1. The summed E-state index contributed by atoms with van der Waals surface area (Å²) in [6, 6.07) is 10.0. The molecular formula is C19H20BrClN2O4. The summed E-state index contributed by atoms with van der Waals surface area (Å²) in [5.74, 6) is 0.313. The van der Waals surface area contributed by atoms with Crippen molar-refractivity contribution in [2.45, 2.75) is 6.92 Å². The first-order valence-electron chi connectivity index (χ1n) is 8.17. The van der Waals surface area contributed by atoms with E-state index in [0.29, 0.717) is 38.9 Å². The van der Waals surface area contributed by atoms with Crippen molar-refractivity contribution in [2.24, 2.45) is 0 Å². The Balaban J connectivity index is 2.10. The second-order valence-electron chi connectivity index (χ2n) is 5.64. The monoisotopic (exact) mass is 454 g/mol. The lowest BCUT2D eigenvalue weighted by Gasteiger charge is -2.19. The summed E-state index contributed by atoms with van der Waals surface area (Å²) in [4.78, 5) is 26.2. The van der Waals surface area contributed by atoms with Crippen LogP contribution in [0.4, 0.5) is 5.69 Å². The van der Waals surface area contributed by atoms with Gasteiger partial charge in [0.05, 0.1) is 24.7 Å². The van der Waals surface area contributed by atoms with Gasteiger partial charge in [-0.2, -0.15) is 0 Å². The van der Waals surface area contributed by atoms with Crippen molar-refractivity contribution in [1.82, 2.24) is 4.90 Å². The molecule has 0 saturated heterocycles. The molecule has 0 unspecified atom stereocenters. The van der Waals surface area contributed by atoms with E-state index in [1.165, 1.54) is 12.0 Å². The standard InChI is InChI=1S/C19H20BrClN2O4/c1-4-27-18-15(20)8-12(9-16(18)26-3)19(25)23(2)11-17(24)22-14-7-5-6-13(21)10-14/h5-10H,4,11H2,1-3H3,(H,22,24). The molecule has 0 atom stereocenters. The van der Waals surface area contributed by atoms with Crippen LogP contribution in [-0.4, -0.2) is 44.0 Å². The van der Waals surface area contributed by atoms with Gasteiger partial charge in [-0.15, -0.1) is 0 Å². The maximum absolute atomic E-state index is 12.7. The van der Waals surface area contributed by atoms with Gasteiger partial charge in [-0.1, -0.05) is 17.7 Å². The molecule has 0 aliphatic carbocycles. The highest BCUT2D eigenvalue weighted by atomic mass is 79.9. The first-order chi connectivity index (χ1) is 12.8. The Bertz CT molecular complexity index is 844. The number of methoxy groups -OCH3 is 1. The maximum Gasteiger partial charge on any atom is 0.254 e. The molecule has 0 spiro atoms. The number of likely N-dealkylation sites (N-methyl/N-ethyl adjacent to an activating group) is 1. The highest BCUT2D eigenvalue weighted by Gasteiger charge is 2.19. The lowest BCUT2D eigenvalue weighted by molar-refractivity contribution is -0.116. The van der Waals surface area contributed by atoms with E-state index in [9.17, 15) is 9.59 Å². The van der Waals surface area contributed by atoms with E-state index in [1.807, 2.05) is 6.92 Å². The lowest BCUT2D eigenvalue weighted by Crippen LogP contribution is -2.35. The Morgan fingerprint density at radius 2 is 2.00 bits per heavy atom. The second-order valence-corrected chi connectivity index (χ2v) is 6.93. The molecule has 27 heavy (non-hydrogen) atoms. The minimum atomic E-state index is -0.329. The van der Waals surface area contributed by atoms with Crippen LogP contribution in [0.5, 0.6) is 11.5 Å². The van der Waals surface area contributed by atoms with Crippen LogP contribution in [0.25, 0.3) is 0 Å². The van der Waals surface area contributed by atoms with E-state index in [-0.39, 0.29) is 18.4 Å². The number of halogens is 2. The largest absolute Gasteiger partial charge is 0.493 e. The zero-order valence-corrected chi connectivity index (χ0v) is 17.6. The molecule has 2 amide bonds. The fraction of sp³-hybridized carbons (Fsp3) is 0.263. The van der Waals surface area contributed by atoms with Crippen molar-refractivity contribution >= 4 is 45.0 Å². The van der Waals surface area contributed by atoms with Crippen LogP contribution in [0.3, 0.4) is 0 Å². The first kappa shape index (κ1) is 21.1. The third kappa shape index (κ3) is 5.61. The molecular weight excluding hydrogens is 436 g/mol. The molecule has 2 aromatic rings. The number of hydrogen-bond acceptors (Lipinski definition) is 4. The molecule has 0 aliphatic heterocycles. The van der Waals surface area contributed by atoms with Crippen LogP contribution in [-0.2, 0) is 4.79 Å². The van der Waals surface area contributed by atoms with Crippen LogP contribution in [0, 0.1) is 0 Å². The number of hydrogen-bond donors (Lipinski definition) is 1. The zero-order chi connectivity index (χ0) is 20.0. The first-order valence-corrected chi connectivity index (χ1v) is 9.34. The predicted octanol–water partition coefficient (Wildman–Crippen LogP) is 4.22. The van der Waals surface area contributed by atoms with E-state index in [2.05, 4.69) is 21.2 Å². The van der Waals surface area contributed by atoms with Gasteiger partial charge in [-0.25, -0.2) is 0 Å². The average Bonchev–Trinajstić information content (AvgIpc) is 2.62. The molecule has 0 radical (unpaired) electrons. The molecule has 2 aromatic carbocycles. The molecule has 0 aromatic heterocycles. The smallest absolute Gasteiger partial charge is 0.254 e. The lowest BCUT2D eigenvalue weighted by atomic mass is 10.1. The van der Waals surface area contributed by atoms with Crippen molar-refractivity contribution in [1.29, 1.82) is 0 Å². The van der Waals surface area contributed by atoms with Gasteiger partial charge in [0.2, 0.25) is 5.91 Å². The van der Waals surface area contributed by atoms with Crippen molar-refractivity contribution in [3.63, 3.8) is 0 Å². The molecule has 144 valence electrons. The van der Waals surface area contributed by atoms with Crippen molar-refractivity contribution in [2.75, 3.05) is 32.6 Å². The zero-order valence-electron chi connectivity index (χ0n) is 15.2. The SMILES string of the molecule is CCOc1c(Br)cc(C(=O)N(C)CC(=O)Nc2cccc(Cl)c2)cc1OC. The number of carbonyl (C=O) groups is 2. The number of amides is 2. The van der Waals surface area contributed by atoms with Gasteiger partial charge in [-0.05, 0) is 53.2 Å². The maximum atomic E-state index is 12.7. The molecule has 8 heteroatoms. The van der Waals surface area contributed by atoms with Crippen LogP contribution in [0.2, 0.25) is 5.02 Å². The number of ether oxygens (including phenoxy) is 2. The summed E-state index contributed by atoms with van der Waals surface area (Å²) in [7, 11) is 3.05. The van der Waals surface area contributed by atoms with E-state index in [1.54, 1.807) is 43.4 Å². The van der Waals surface area contributed by atoms with Gasteiger partial charge < -0.3 is 19.7 Å². The van der Waals surface area contributed by atoms with E-state index >= 15 is 0 Å². The second kappa shape index (κ2) is 9.62. The third-order valence-electron chi connectivity index (χ3n) is 3.60. The quantitative estimate of drug-likeness (QED) is 0.679. The van der Waals surface area contributed by atoms with Gasteiger partial charge in [0.1, 0.15) is 0 Å². The van der Waals surface area contributed by atoms with Crippen LogP contribution < -0.4 is 14.8 Å². The number of rotatable bonds is 7. The molecule has 1 N–H and O–H groups in total. The number of carbonyl (C=O) groups excluding carboxylic acids is 2. The summed E-state index contributed by atoms with van der Waals surface area (Å²) in [5.41, 5.74) is 0.944. The predicted molar refractivity (Wildman–Crippen MR) is 109 cm³/mol. The molecule has 0 aliphatic rings. The van der Waals surface area contributed by atoms with Gasteiger partial charge in [0.15, 0.2) is 11.5 Å². The fourth-order valence-electron chi connectivity index (χ4n) is 2.40. The Labute approximate surface area is 171 Å². The summed E-state index contributed by atoms with van der Waals surface area (Å²) in [5, 5.41) is 3.23. The van der Waals surface area contributed by atoms with Crippen molar-refractivity contribution in [3.05, 3.63) is 51.5 Å². The fourth-order valence-corrected chi connectivity index (χ4v) is 3.15. The van der Waals surface area contributed by atoms with Gasteiger partial charge in [0, 0.05) is 23.3 Å². The van der Waals surface area contributed by atoms with Crippen LogP contribution >= 0.6 is 27.5 Å². The van der Waals surface area contributed by atoms with Crippen LogP contribution in [0.15, 0.2) is 40.9 Å². The number of benzene rings is 2. The normalized spacial score (nSPS) is 10.3. The van der Waals surface area contributed by atoms with Crippen molar-refractivity contribution in [3.8, 4) is 11.5 Å². The molecule has 6 nitrogen and oxygen atoms in total. The Hall–Kier alpha value is -2.25. The highest BCUT2D eigenvalue weighted by molar-refractivity contribution is 9.10. The molecule has 0 fully saturated rings. The van der Waals surface area contributed by atoms with E-state index < -0.39 is 0 Å². The molecule has 2 rings (SSSR count). The molecule has 0 heterocycles. The number of anilines is 1. The minimum Gasteiger partial charge on any atom is -0.493 e. The van der Waals surface area contributed by atoms with Gasteiger partial charge in [0.25, 0.3) is 5.91 Å². The topological polar surface area (TPSA) is 67.9 Å². The number of nitrogens with one attached hydrogen (secondary N) is 1. The summed E-state index contributed by atoms with van der Waals surface area (Å²) >= 11 is 9.29. The highest BCUT2D eigenvalue weighted by Crippen LogP contribution is 2.36.